The van der Waals surface area contributed by atoms with Gasteiger partial charge in [0.05, 0.1) is 11.5 Å². The number of hydrogen-bond donors (Lipinski definition) is 1. The van der Waals surface area contributed by atoms with Crippen molar-refractivity contribution in [2.75, 3.05) is 31.1 Å². The van der Waals surface area contributed by atoms with Gasteiger partial charge in [-0.1, -0.05) is 13.8 Å². The molecule has 3 unspecified atom stereocenters. The van der Waals surface area contributed by atoms with Crippen molar-refractivity contribution in [2.45, 2.75) is 45.2 Å². The molecule has 0 saturated carbocycles. The third-order valence-electron chi connectivity index (χ3n) is 4.40. The minimum atomic E-state index is -2.73. The molecule has 4 nitrogen and oxygen atoms in total. The zero-order chi connectivity index (χ0) is 13.2. The van der Waals surface area contributed by atoms with Gasteiger partial charge in [0, 0.05) is 31.7 Å². The lowest BCUT2D eigenvalue weighted by Gasteiger charge is -2.41. The molecule has 2 fully saturated rings. The first-order chi connectivity index (χ1) is 8.54. The summed E-state index contributed by atoms with van der Waals surface area (Å²) in [5.74, 6) is 1.17. The summed E-state index contributed by atoms with van der Waals surface area (Å²) in [6.07, 6.45) is 3.15. The van der Waals surface area contributed by atoms with Gasteiger partial charge in [0.25, 0.3) is 0 Å². The van der Waals surface area contributed by atoms with Crippen molar-refractivity contribution in [1.29, 1.82) is 0 Å². The highest BCUT2D eigenvalue weighted by Crippen LogP contribution is 2.22. The summed E-state index contributed by atoms with van der Waals surface area (Å²) in [5.41, 5.74) is 0. The van der Waals surface area contributed by atoms with Crippen LogP contribution in [0.4, 0.5) is 0 Å². The zero-order valence-corrected chi connectivity index (χ0v) is 12.4. The monoisotopic (exact) mass is 274 g/mol. The first-order valence-corrected chi connectivity index (χ1v) is 9.04. The van der Waals surface area contributed by atoms with Crippen molar-refractivity contribution in [1.82, 2.24) is 10.2 Å². The molecule has 0 aromatic carbocycles. The van der Waals surface area contributed by atoms with Gasteiger partial charge in [-0.2, -0.15) is 0 Å². The van der Waals surface area contributed by atoms with Crippen LogP contribution in [0, 0.1) is 5.92 Å². The van der Waals surface area contributed by atoms with Crippen LogP contribution in [0.1, 0.15) is 33.1 Å². The largest absolute Gasteiger partial charge is 0.311 e. The molecule has 0 radical (unpaired) electrons. The first kappa shape index (κ1) is 14.3. The van der Waals surface area contributed by atoms with Gasteiger partial charge in [-0.05, 0) is 25.2 Å². The van der Waals surface area contributed by atoms with Gasteiger partial charge in [-0.15, -0.1) is 0 Å². The smallest absolute Gasteiger partial charge is 0.150 e. The van der Waals surface area contributed by atoms with E-state index in [2.05, 4.69) is 24.1 Å². The normalized spacial score (nSPS) is 36.9. The zero-order valence-electron chi connectivity index (χ0n) is 11.6. The van der Waals surface area contributed by atoms with E-state index in [0.29, 0.717) is 29.5 Å². The Hall–Kier alpha value is -0.130. The number of nitrogens with one attached hydrogen (secondary N) is 1. The maximum Gasteiger partial charge on any atom is 0.150 e. The topological polar surface area (TPSA) is 49.4 Å². The molecule has 106 valence electrons. The van der Waals surface area contributed by atoms with Crippen molar-refractivity contribution >= 4 is 9.84 Å². The number of rotatable bonds is 4. The van der Waals surface area contributed by atoms with Crippen LogP contribution in [0.15, 0.2) is 0 Å². The molecule has 0 aromatic heterocycles. The predicted molar refractivity (Wildman–Crippen MR) is 74.5 cm³/mol. The van der Waals surface area contributed by atoms with Gasteiger partial charge in [-0.25, -0.2) is 8.42 Å². The average Bonchev–Trinajstić information content (AvgIpc) is 2.68. The molecule has 2 heterocycles. The summed E-state index contributed by atoms with van der Waals surface area (Å²) in [5, 5.41) is 3.58. The van der Waals surface area contributed by atoms with Gasteiger partial charge in [0.1, 0.15) is 0 Å². The molecule has 18 heavy (non-hydrogen) atoms. The Kier molecular flexibility index (Phi) is 4.67. The molecule has 0 aliphatic carbocycles. The van der Waals surface area contributed by atoms with E-state index in [-0.39, 0.29) is 0 Å². The highest BCUT2D eigenvalue weighted by Gasteiger charge is 2.33. The molecular formula is C13H26N2O2S. The van der Waals surface area contributed by atoms with Crippen molar-refractivity contribution in [3.63, 3.8) is 0 Å². The second-order valence-electron chi connectivity index (χ2n) is 5.80. The molecule has 0 aromatic rings. The Morgan fingerprint density at radius 2 is 2.06 bits per heavy atom. The summed E-state index contributed by atoms with van der Waals surface area (Å²) < 4.78 is 23.0. The lowest BCUT2D eigenvalue weighted by Crippen LogP contribution is -2.57. The first-order valence-electron chi connectivity index (χ1n) is 7.22. The molecule has 2 aliphatic rings. The molecule has 0 spiro atoms. The molecular weight excluding hydrogens is 248 g/mol. The molecule has 5 heteroatoms. The number of hydrogen-bond acceptors (Lipinski definition) is 4. The maximum absolute atomic E-state index is 11.5. The van der Waals surface area contributed by atoms with E-state index >= 15 is 0 Å². The van der Waals surface area contributed by atoms with E-state index in [1.807, 2.05) is 0 Å². The van der Waals surface area contributed by atoms with E-state index < -0.39 is 9.84 Å². The van der Waals surface area contributed by atoms with Crippen LogP contribution < -0.4 is 5.32 Å². The van der Waals surface area contributed by atoms with E-state index in [4.69, 9.17) is 0 Å². The van der Waals surface area contributed by atoms with Gasteiger partial charge in [0.2, 0.25) is 0 Å². The molecule has 0 bridgehead atoms. The number of piperazine rings is 1. The average molecular weight is 274 g/mol. The van der Waals surface area contributed by atoms with Gasteiger partial charge < -0.3 is 5.32 Å². The highest BCUT2D eigenvalue weighted by atomic mass is 32.2. The summed E-state index contributed by atoms with van der Waals surface area (Å²) >= 11 is 0. The van der Waals surface area contributed by atoms with Gasteiger partial charge >= 0.3 is 0 Å². The summed E-state index contributed by atoms with van der Waals surface area (Å²) in [4.78, 5) is 2.52. The summed E-state index contributed by atoms with van der Waals surface area (Å²) in [6, 6.07) is 1.15. The minimum absolute atomic E-state index is 0.361. The fourth-order valence-corrected chi connectivity index (χ4v) is 5.03. The van der Waals surface area contributed by atoms with Crippen LogP contribution in [0.2, 0.25) is 0 Å². The van der Waals surface area contributed by atoms with Crippen molar-refractivity contribution in [3.8, 4) is 0 Å². The van der Waals surface area contributed by atoms with Gasteiger partial charge in [-0.3, -0.25) is 4.90 Å². The maximum atomic E-state index is 11.5. The Morgan fingerprint density at radius 1 is 1.28 bits per heavy atom. The molecule has 0 amide bonds. The molecule has 2 aliphatic heterocycles. The van der Waals surface area contributed by atoms with Crippen molar-refractivity contribution < 1.29 is 8.42 Å². The Bertz CT molecular complexity index is 369. The number of nitrogens with zero attached hydrogens (tertiary/aromatic N) is 1. The summed E-state index contributed by atoms with van der Waals surface area (Å²) in [7, 11) is -2.73. The second-order valence-corrected chi connectivity index (χ2v) is 8.03. The van der Waals surface area contributed by atoms with Crippen LogP contribution in [0.5, 0.6) is 0 Å². The Balaban J connectivity index is 1.93. The summed E-state index contributed by atoms with van der Waals surface area (Å²) in [6.45, 7) is 7.52. The lowest BCUT2D eigenvalue weighted by molar-refractivity contribution is 0.109. The third kappa shape index (κ3) is 3.45. The van der Waals surface area contributed by atoms with Crippen molar-refractivity contribution in [2.24, 2.45) is 5.92 Å². The van der Waals surface area contributed by atoms with Crippen molar-refractivity contribution in [3.05, 3.63) is 0 Å². The Morgan fingerprint density at radius 3 is 2.61 bits per heavy atom. The minimum Gasteiger partial charge on any atom is -0.311 e. The molecule has 1 N–H and O–H groups in total. The van der Waals surface area contributed by atoms with Crippen LogP contribution in [-0.2, 0) is 9.84 Å². The quantitative estimate of drug-likeness (QED) is 0.827. The third-order valence-corrected chi connectivity index (χ3v) is 6.23. The van der Waals surface area contributed by atoms with E-state index in [1.165, 1.54) is 0 Å². The molecule has 2 saturated heterocycles. The SMILES string of the molecule is CCC1CN(CC2CCS(=O)(=O)C2)C(CC)CN1. The molecule has 3 atom stereocenters. The standard InChI is InChI=1S/C13H26N2O2S/c1-3-12-9-15(13(4-2)7-14-12)8-11-5-6-18(16,17)10-11/h11-14H,3-10H2,1-2H3. The molecule has 2 rings (SSSR count). The highest BCUT2D eigenvalue weighted by molar-refractivity contribution is 7.91. The van der Waals surface area contributed by atoms with Gasteiger partial charge in [0.15, 0.2) is 9.84 Å². The van der Waals surface area contributed by atoms with Crippen LogP contribution >= 0.6 is 0 Å². The second kappa shape index (κ2) is 5.88. The number of sulfone groups is 1. The predicted octanol–water partition coefficient (Wildman–Crippen LogP) is 0.884. The lowest BCUT2D eigenvalue weighted by atomic mass is 10.0. The fraction of sp³-hybridized carbons (Fsp3) is 1.00. The fourth-order valence-electron chi connectivity index (χ4n) is 3.18. The van der Waals surface area contributed by atoms with Crippen LogP contribution in [-0.4, -0.2) is 56.5 Å². The van der Waals surface area contributed by atoms with Crippen LogP contribution in [0.25, 0.3) is 0 Å². The van der Waals surface area contributed by atoms with E-state index in [1.54, 1.807) is 0 Å². The van der Waals surface area contributed by atoms with Crippen LogP contribution in [0.3, 0.4) is 0 Å². The van der Waals surface area contributed by atoms with E-state index in [0.717, 1.165) is 38.9 Å². The van der Waals surface area contributed by atoms with E-state index in [9.17, 15) is 8.42 Å². The Labute approximate surface area is 111 Å².